The molecule has 0 radical (unpaired) electrons. The normalized spacial score (nSPS) is 22.2. The lowest BCUT2D eigenvalue weighted by Crippen LogP contribution is -2.52. The smallest absolute Gasteiger partial charge is 0.326 e. The number of carbonyl (C=O) groups is 4. The monoisotopic (exact) mass is 1170 g/mol. The maximum absolute atomic E-state index is 13.9. The molecule has 1 fully saturated rings. The molecule has 1 saturated heterocycles. The third-order valence-electron chi connectivity index (χ3n) is 18.2. The first-order valence-electron chi connectivity index (χ1n) is 34.3. The highest BCUT2D eigenvalue weighted by atomic mass is 35.5. The van der Waals surface area contributed by atoms with Gasteiger partial charge in [-0.3, -0.25) is 19.4 Å². The van der Waals surface area contributed by atoms with Gasteiger partial charge >= 0.3 is 5.97 Å². The van der Waals surface area contributed by atoms with Crippen LogP contribution in [0.5, 0.6) is 0 Å². The third kappa shape index (κ3) is 31.1. The van der Waals surface area contributed by atoms with Crippen molar-refractivity contribution >= 4 is 52.5 Å². The highest BCUT2D eigenvalue weighted by Crippen LogP contribution is 2.45. The number of anilines is 1. The fraction of sp³-hybridized carbons (Fsp3) is 0.761. The van der Waals surface area contributed by atoms with Crippen LogP contribution in [0.3, 0.4) is 0 Å². The van der Waals surface area contributed by atoms with Crippen molar-refractivity contribution in [3.05, 3.63) is 69.6 Å². The van der Waals surface area contributed by atoms with Crippen molar-refractivity contribution in [2.45, 2.75) is 328 Å². The molecule has 1 unspecified atom stereocenters. The van der Waals surface area contributed by atoms with Gasteiger partial charge in [-0.25, -0.2) is 4.79 Å². The van der Waals surface area contributed by atoms with Gasteiger partial charge in [-0.1, -0.05) is 324 Å². The quantitative estimate of drug-likeness (QED) is 0.252. The summed E-state index contributed by atoms with van der Waals surface area (Å²) in [6.07, 6.45) is 67.4. The van der Waals surface area contributed by atoms with E-state index >= 15 is 0 Å². The van der Waals surface area contributed by atoms with Crippen LogP contribution in [0.4, 0.5) is 5.69 Å². The van der Waals surface area contributed by atoms with Gasteiger partial charge in [0.2, 0.25) is 5.91 Å². The van der Waals surface area contributed by atoms with Gasteiger partial charge in [0.25, 0.3) is 5.91 Å². The largest absolute Gasteiger partial charge is 0.480 e. The minimum Gasteiger partial charge on any atom is -0.480 e. The molecule has 2 aliphatic rings. The van der Waals surface area contributed by atoms with Gasteiger partial charge in [-0.05, 0) is 37.0 Å². The number of hydrogen-bond donors (Lipinski definition) is 3. The van der Waals surface area contributed by atoms with Crippen molar-refractivity contribution in [2.24, 2.45) is 5.41 Å². The van der Waals surface area contributed by atoms with Gasteiger partial charge in [-0.2, -0.15) is 0 Å². The van der Waals surface area contributed by atoms with Crippen LogP contribution in [0, 0.1) is 5.41 Å². The molecule has 3 N–H and O–H groups in total. The first-order chi connectivity index (χ1) is 40.1. The average molecular weight is 1180 g/mol. The van der Waals surface area contributed by atoms with E-state index < -0.39 is 23.3 Å². The first-order valence-corrected chi connectivity index (χ1v) is 35.1. The fourth-order valence-corrected chi connectivity index (χ4v) is 13.2. The number of nitrogens with zero attached hydrogens (tertiary/aromatic N) is 2. The molecule has 1 spiro atoms. The lowest BCUT2D eigenvalue weighted by atomic mass is 9.65. The molecule has 0 saturated carbocycles. The zero-order valence-electron chi connectivity index (χ0n) is 51.9. The second-order valence-electron chi connectivity index (χ2n) is 25.1. The van der Waals surface area contributed by atoms with Gasteiger partial charge < -0.3 is 20.6 Å². The molecule has 2 amide bonds. The molecule has 1 aliphatic carbocycles. The maximum Gasteiger partial charge on any atom is 0.326 e. The summed E-state index contributed by atoms with van der Waals surface area (Å²) in [7, 11) is 0. The Kier molecular flexibility index (Phi) is 39.7. The van der Waals surface area contributed by atoms with Crippen LogP contribution < -0.4 is 10.6 Å². The van der Waals surface area contributed by atoms with Crippen LogP contribution in [0.1, 0.15) is 331 Å². The van der Waals surface area contributed by atoms with Gasteiger partial charge in [0.1, 0.15) is 6.04 Å². The minimum absolute atomic E-state index is 0.0183. The van der Waals surface area contributed by atoms with Gasteiger partial charge in [-0.15, -0.1) is 0 Å². The van der Waals surface area contributed by atoms with Gasteiger partial charge in [0.15, 0.2) is 5.78 Å². The number of hydrogen-bond acceptors (Lipinski definition) is 6. The number of carboxylic acids is 1. The number of nitrogens with one attached hydrogen (secondary N) is 2. The SMILES string of the molecule is CC(=O)N1CCCCCCCCCCCCCCCCCCCCCCCCCCCCCCCCCCCCCCCCCCCCCCCCC2(CC1)C(=O)C=C2N[C@@H](Cc1ccc(NC(=O)c2c(Cl)cncc2Cl)cc1)C(=O)O. The number of rotatable bonds is 7. The summed E-state index contributed by atoms with van der Waals surface area (Å²) in [6.45, 7) is 2.76. The second kappa shape index (κ2) is 45.9. The zero-order chi connectivity index (χ0) is 58.6. The highest BCUT2D eigenvalue weighted by Gasteiger charge is 2.48. The maximum atomic E-state index is 13.9. The van der Waals surface area contributed by atoms with Crippen molar-refractivity contribution < 1.29 is 24.3 Å². The molecule has 464 valence electrons. The lowest BCUT2D eigenvalue weighted by Gasteiger charge is -2.43. The van der Waals surface area contributed by atoms with Crippen molar-refractivity contribution in [3.8, 4) is 0 Å². The van der Waals surface area contributed by atoms with Crippen molar-refractivity contribution in [1.82, 2.24) is 15.2 Å². The van der Waals surface area contributed by atoms with Crippen molar-refractivity contribution in [1.29, 1.82) is 0 Å². The van der Waals surface area contributed by atoms with Crippen molar-refractivity contribution in [3.63, 3.8) is 0 Å². The standard InChI is InChI=1S/C71H116Cl2N4O5/c1-60(78)77-54-47-45-43-41-39-37-35-33-31-29-27-25-23-21-19-17-15-13-11-9-7-5-3-2-4-6-8-10-12-14-16-18-20-22-24-26-28-30-32-34-36-38-40-42-44-46-52-71(53-55-77)66(57-67(71)79)76-65(70(81)82)56-61-48-50-62(51-49-61)75-69(80)68-63(72)58-74-59-64(68)73/h48-51,57-59,65,76H,2-47,52-56H2,1H3,(H,75,80)(H,81,82)/t65-,71?/m0/s1. The molecule has 2 heterocycles. The predicted octanol–water partition coefficient (Wildman–Crippen LogP) is 21.3. The number of pyridine rings is 1. The number of halogens is 2. The molecule has 1 aromatic heterocycles. The van der Waals surface area contributed by atoms with E-state index in [-0.39, 0.29) is 33.7 Å². The molecule has 1 aliphatic heterocycles. The molecule has 2 aromatic rings. The van der Waals surface area contributed by atoms with Crippen LogP contribution in [-0.4, -0.2) is 57.7 Å². The van der Waals surface area contributed by atoms with Crippen LogP contribution in [0.15, 0.2) is 48.4 Å². The molecule has 9 nitrogen and oxygen atoms in total. The van der Waals surface area contributed by atoms with Gasteiger partial charge in [0, 0.05) is 56.3 Å². The Morgan fingerprint density at radius 2 is 0.829 bits per heavy atom. The molecule has 82 heavy (non-hydrogen) atoms. The summed E-state index contributed by atoms with van der Waals surface area (Å²) in [5.41, 5.74) is 1.18. The average Bonchev–Trinajstić information content (AvgIpc) is 3.57. The number of allylic oxidation sites excluding steroid dienone is 2. The lowest BCUT2D eigenvalue weighted by molar-refractivity contribution is -0.140. The first kappa shape index (κ1) is 71.1. The van der Waals surface area contributed by atoms with E-state index in [0.29, 0.717) is 37.3 Å². The van der Waals surface area contributed by atoms with Crippen LogP contribution in [-0.2, 0) is 20.8 Å². The number of carbonyl (C=O) groups excluding carboxylic acids is 3. The molecule has 2 atom stereocenters. The van der Waals surface area contributed by atoms with Crippen LogP contribution in [0.25, 0.3) is 0 Å². The number of aliphatic carboxylic acids is 1. The number of benzene rings is 1. The summed E-state index contributed by atoms with van der Waals surface area (Å²) in [4.78, 5) is 58.7. The molecule has 4 rings (SSSR count). The zero-order valence-corrected chi connectivity index (χ0v) is 53.4. The number of ketones is 1. The van der Waals surface area contributed by atoms with E-state index in [9.17, 15) is 24.3 Å². The van der Waals surface area contributed by atoms with Gasteiger partial charge in [0.05, 0.1) is 21.0 Å². The molecule has 11 heteroatoms. The van der Waals surface area contributed by atoms with E-state index in [1.165, 1.54) is 276 Å². The van der Waals surface area contributed by atoms with E-state index in [2.05, 4.69) is 15.6 Å². The highest BCUT2D eigenvalue weighted by molar-refractivity contribution is 6.40. The molecule has 1 aromatic carbocycles. The summed E-state index contributed by atoms with van der Waals surface area (Å²) in [5.74, 6) is -1.46. The Morgan fingerprint density at radius 3 is 1.15 bits per heavy atom. The number of amides is 2. The Balaban J connectivity index is 1.23. The number of aromatic nitrogens is 1. The van der Waals surface area contributed by atoms with Crippen LogP contribution in [0.2, 0.25) is 10.0 Å². The fourth-order valence-electron chi connectivity index (χ4n) is 12.7. The summed E-state index contributed by atoms with van der Waals surface area (Å²) >= 11 is 12.4. The minimum atomic E-state index is -1.02. The Hall–Kier alpha value is -3.43. The van der Waals surface area contributed by atoms with E-state index in [0.717, 1.165) is 37.7 Å². The predicted molar refractivity (Wildman–Crippen MR) is 346 cm³/mol. The van der Waals surface area contributed by atoms with E-state index in [4.69, 9.17) is 23.2 Å². The summed E-state index contributed by atoms with van der Waals surface area (Å²) in [5, 5.41) is 16.9. The summed E-state index contributed by atoms with van der Waals surface area (Å²) < 4.78 is 0. The van der Waals surface area contributed by atoms with E-state index in [1.54, 1.807) is 37.3 Å². The Bertz CT molecular complexity index is 2030. The van der Waals surface area contributed by atoms with Crippen LogP contribution >= 0.6 is 23.2 Å². The molecule has 0 bridgehead atoms. The molecular weight excluding hydrogens is 1060 g/mol. The Labute approximate surface area is 510 Å². The summed E-state index contributed by atoms with van der Waals surface area (Å²) in [6, 6.07) is 6.00. The molecular formula is C71H116Cl2N4O5. The number of carboxylic acid groups (broad SMARTS) is 1. The second-order valence-corrected chi connectivity index (χ2v) is 26.0. The van der Waals surface area contributed by atoms with Crippen molar-refractivity contribution in [2.75, 3.05) is 18.4 Å². The Morgan fingerprint density at radius 1 is 0.500 bits per heavy atom. The van der Waals surface area contributed by atoms with E-state index in [1.807, 2.05) is 4.90 Å². The topological polar surface area (TPSA) is 129 Å². The third-order valence-corrected chi connectivity index (χ3v) is 18.7.